The number of halogens is 2. The lowest BCUT2D eigenvalue weighted by atomic mass is 10.1. The topological polar surface area (TPSA) is 29.1 Å². The molecule has 2 nitrogen and oxygen atoms in total. The molecule has 16 heavy (non-hydrogen) atoms. The zero-order valence-corrected chi connectivity index (χ0v) is 12.6. The van der Waals surface area contributed by atoms with Gasteiger partial charge in [-0.3, -0.25) is 4.79 Å². The highest BCUT2D eigenvalue weighted by atomic mass is 79.9. The van der Waals surface area contributed by atoms with E-state index in [1.54, 1.807) is 0 Å². The standard InChI is InChI=1S/C12H15Br2NO/c1-3-9(7-13)15-12(16)10-6-4-5-8(2)11(10)14/h4-6,9H,3,7H2,1-2H3,(H,15,16). The van der Waals surface area contributed by atoms with E-state index in [9.17, 15) is 4.79 Å². The number of nitrogens with one attached hydrogen (secondary N) is 1. The minimum atomic E-state index is -0.0260. The summed E-state index contributed by atoms with van der Waals surface area (Å²) in [6, 6.07) is 5.88. The SMILES string of the molecule is CCC(CBr)NC(=O)c1cccc(C)c1Br. The Morgan fingerprint density at radius 1 is 1.50 bits per heavy atom. The lowest BCUT2D eigenvalue weighted by molar-refractivity contribution is 0.0939. The second kappa shape index (κ2) is 6.40. The average molecular weight is 349 g/mol. The fourth-order valence-electron chi connectivity index (χ4n) is 1.34. The van der Waals surface area contributed by atoms with Crippen LogP contribution in [0, 0.1) is 6.92 Å². The molecule has 0 aliphatic heterocycles. The molecular formula is C12H15Br2NO. The van der Waals surface area contributed by atoms with Crippen molar-refractivity contribution in [1.29, 1.82) is 0 Å². The third-order valence-corrected chi connectivity index (χ3v) is 4.28. The Labute approximate surface area is 113 Å². The Kier molecular flexibility index (Phi) is 5.49. The Balaban J connectivity index is 2.84. The van der Waals surface area contributed by atoms with Gasteiger partial charge in [0.1, 0.15) is 0 Å². The van der Waals surface area contributed by atoms with E-state index in [0.717, 1.165) is 21.8 Å². The van der Waals surface area contributed by atoms with Crippen LogP contribution >= 0.6 is 31.9 Å². The van der Waals surface area contributed by atoms with Crippen LogP contribution in [0.25, 0.3) is 0 Å². The molecule has 0 aromatic heterocycles. The zero-order chi connectivity index (χ0) is 12.1. The van der Waals surface area contributed by atoms with Crippen molar-refractivity contribution in [2.24, 2.45) is 0 Å². The third kappa shape index (κ3) is 3.32. The van der Waals surface area contributed by atoms with Crippen LogP contribution in [0.2, 0.25) is 0 Å². The van der Waals surface area contributed by atoms with Crippen molar-refractivity contribution in [3.05, 3.63) is 33.8 Å². The van der Waals surface area contributed by atoms with Crippen molar-refractivity contribution in [3.63, 3.8) is 0 Å². The molecule has 1 amide bonds. The molecule has 1 N–H and O–H groups in total. The molecule has 0 spiro atoms. The fourth-order valence-corrected chi connectivity index (χ4v) is 2.40. The fraction of sp³-hybridized carbons (Fsp3) is 0.417. The van der Waals surface area contributed by atoms with Crippen LogP contribution in [0.5, 0.6) is 0 Å². The number of hydrogen-bond donors (Lipinski definition) is 1. The summed E-state index contributed by atoms with van der Waals surface area (Å²) in [5.41, 5.74) is 1.76. The van der Waals surface area contributed by atoms with Crippen molar-refractivity contribution >= 4 is 37.8 Å². The minimum Gasteiger partial charge on any atom is -0.348 e. The van der Waals surface area contributed by atoms with Crippen molar-refractivity contribution < 1.29 is 4.79 Å². The Bertz CT molecular complexity index is 375. The van der Waals surface area contributed by atoms with Gasteiger partial charge in [0.05, 0.1) is 5.56 Å². The number of alkyl halides is 1. The van der Waals surface area contributed by atoms with Crippen molar-refractivity contribution in [2.45, 2.75) is 26.3 Å². The van der Waals surface area contributed by atoms with Gasteiger partial charge in [0.15, 0.2) is 0 Å². The maximum Gasteiger partial charge on any atom is 0.252 e. The predicted octanol–water partition coefficient (Wildman–Crippen LogP) is 3.66. The van der Waals surface area contributed by atoms with Gasteiger partial charge in [-0.1, -0.05) is 35.0 Å². The van der Waals surface area contributed by atoms with Gasteiger partial charge in [-0.05, 0) is 40.9 Å². The van der Waals surface area contributed by atoms with E-state index < -0.39 is 0 Å². The largest absolute Gasteiger partial charge is 0.348 e. The molecule has 0 saturated heterocycles. The summed E-state index contributed by atoms with van der Waals surface area (Å²) in [5.74, 6) is -0.0260. The van der Waals surface area contributed by atoms with Crippen LogP contribution in [0.4, 0.5) is 0 Å². The van der Waals surface area contributed by atoms with E-state index in [1.807, 2.05) is 25.1 Å². The minimum absolute atomic E-state index is 0.0260. The van der Waals surface area contributed by atoms with E-state index >= 15 is 0 Å². The second-order valence-electron chi connectivity index (χ2n) is 3.67. The molecule has 88 valence electrons. The van der Waals surface area contributed by atoms with E-state index in [-0.39, 0.29) is 11.9 Å². The molecule has 0 fully saturated rings. The van der Waals surface area contributed by atoms with Gasteiger partial charge in [-0.2, -0.15) is 0 Å². The molecule has 0 aliphatic carbocycles. The first-order chi connectivity index (χ1) is 7.60. The summed E-state index contributed by atoms with van der Waals surface area (Å²) in [6.07, 6.45) is 0.917. The van der Waals surface area contributed by atoms with Crippen LogP contribution in [0.15, 0.2) is 22.7 Å². The molecule has 0 heterocycles. The lowest BCUT2D eigenvalue weighted by Gasteiger charge is -2.15. The summed E-state index contributed by atoms with van der Waals surface area (Å²) < 4.78 is 0.872. The van der Waals surface area contributed by atoms with Crippen LogP contribution in [-0.4, -0.2) is 17.3 Å². The average Bonchev–Trinajstić information content (AvgIpc) is 2.29. The highest BCUT2D eigenvalue weighted by molar-refractivity contribution is 9.10. The molecule has 1 aromatic rings. The second-order valence-corrected chi connectivity index (χ2v) is 5.11. The Morgan fingerprint density at radius 3 is 2.75 bits per heavy atom. The number of benzene rings is 1. The summed E-state index contributed by atoms with van der Waals surface area (Å²) in [5, 5.41) is 3.76. The summed E-state index contributed by atoms with van der Waals surface area (Å²) in [7, 11) is 0. The number of carbonyl (C=O) groups excluding carboxylic acids is 1. The van der Waals surface area contributed by atoms with Crippen LogP contribution < -0.4 is 5.32 Å². The summed E-state index contributed by atoms with van der Waals surface area (Å²) in [4.78, 5) is 12.0. The molecule has 0 bridgehead atoms. The van der Waals surface area contributed by atoms with Gasteiger partial charge in [-0.15, -0.1) is 0 Å². The maximum atomic E-state index is 12.0. The van der Waals surface area contributed by atoms with Gasteiger partial charge in [0.25, 0.3) is 5.91 Å². The highest BCUT2D eigenvalue weighted by Crippen LogP contribution is 2.21. The van der Waals surface area contributed by atoms with Gasteiger partial charge >= 0.3 is 0 Å². The van der Waals surface area contributed by atoms with Crippen molar-refractivity contribution in [2.75, 3.05) is 5.33 Å². The van der Waals surface area contributed by atoms with Gasteiger partial charge in [0, 0.05) is 15.8 Å². The molecule has 1 unspecified atom stereocenters. The number of carbonyl (C=O) groups is 1. The van der Waals surface area contributed by atoms with E-state index in [4.69, 9.17) is 0 Å². The number of aryl methyl sites for hydroxylation is 1. The van der Waals surface area contributed by atoms with E-state index in [1.165, 1.54) is 0 Å². The van der Waals surface area contributed by atoms with E-state index in [0.29, 0.717) is 5.56 Å². The van der Waals surface area contributed by atoms with E-state index in [2.05, 4.69) is 44.1 Å². The smallest absolute Gasteiger partial charge is 0.252 e. The number of amides is 1. The summed E-state index contributed by atoms with van der Waals surface area (Å²) in [6.45, 7) is 4.03. The van der Waals surface area contributed by atoms with Crippen LogP contribution in [0.1, 0.15) is 29.3 Å². The van der Waals surface area contributed by atoms with Crippen molar-refractivity contribution in [3.8, 4) is 0 Å². The molecule has 1 aromatic carbocycles. The first-order valence-electron chi connectivity index (χ1n) is 5.22. The molecule has 1 rings (SSSR count). The Morgan fingerprint density at radius 2 is 2.19 bits per heavy atom. The van der Waals surface area contributed by atoms with Gasteiger partial charge < -0.3 is 5.32 Å². The molecule has 0 aliphatic rings. The quantitative estimate of drug-likeness (QED) is 0.826. The molecule has 4 heteroatoms. The molecule has 0 saturated carbocycles. The lowest BCUT2D eigenvalue weighted by Crippen LogP contribution is -2.35. The zero-order valence-electron chi connectivity index (χ0n) is 9.39. The molecule has 0 radical (unpaired) electrons. The molecular weight excluding hydrogens is 334 g/mol. The third-order valence-electron chi connectivity index (χ3n) is 2.45. The predicted molar refractivity (Wildman–Crippen MR) is 74.2 cm³/mol. The Hall–Kier alpha value is -0.350. The van der Waals surface area contributed by atoms with Crippen molar-refractivity contribution in [1.82, 2.24) is 5.32 Å². The first kappa shape index (κ1) is 13.7. The normalized spacial score (nSPS) is 12.2. The first-order valence-corrected chi connectivity index (χ1v) is 7.13. The molecule has 1 atom stereocenters. The highest BCUT2D eigenvalue weighted by Gasteiger charge is 2.14. The van der Waals surface area contributed by atoms with Crippen LogP contribution in [0.3, 0.4) is 0 Å². The van der Waals surface area contributed by atoms with Gasteiger partial charge in [0.2, 0.25) is 0 Å². The number of rotatable bonds is 4. The monoisotopic (exact) mass is 347 g/mol. The maximum absolute atomic E-state index is 12.0. The van der Waals surface area contributed by atoms with Gasteiger partial charge in [-0.25, -0.2) is 0 Å². The van der Waals surface area contributed by atoms with Crippen LogP contribution in [-0.2, 0) is 0 Å². The summed E-state index contributed by atoms with van der Waals surface area (Å²) >= 11 is 6.83. The number of hydrogen-bond acceptors (Lipinski definition) is 1.